The van der Waals surface area contributed by atoms with Crippen molar-refractivity contribution >= 4 is 0 Å². The Kier molecular flexibility index (Phi) is 6.22. The molecule has 21 heavy (non-hydrogen) atoms. The van der Waals surface area contributed by atoms with E-state index in [0.29, 0.717) is 12.0 Å². The number of halogens is 1. The third kappa shape index (κ3) is 4.29. The minimum Gasteiger partial charge on any atom is -0.310 e. The molecule has 0 aromatic heterocycles. The molecule has 0 spiro atoms. The number of nitrogens with one attached hydrogen (secondary N) is 1. The van der Waals surface area contributed by atoms with Gasteiger partial charge in [0.1, 0.15) is 5.82 Å². The van der Waals surface area contributed by atoms with Crippen LogP contribution in [0.25, 0.3) is 0 Å². The molecule has 1 unspecified atom stereocenters. The van der Waals surface area contributed by atoms with Gasteiger partial charge in [0.2, 0.25) is 0 Å². The van der Waals surface area contributed by atoms with Crippen LogP contribution in [0.2, 0.25) is 0 Å². The summed E-state index contributed by atoms with van der Waals surface area (Å²) in [7, 11) is 0. The van der Waals surface area contributed by atoms with E-state index >= 15 is 0 Å². The molecule has 0 amide bonds. The van der Waals surface area contributed by atoms with Crippen LogP contribution in [0.1, 0.15) is 74.6 Å². The van der Waals surface area contributed by atoms with Gasteiger partial charge in [-0.05, 0) is 55.8 Å². The van der Waals surface area contributed by atoms with Gasteiger partial charge in [0, 0.05) is 6.04 Å². The Hall–Kier alpha value is -0.890. The molecular formula is C19H30FN. The van der Waals surface area contributed by atoms with Gasteiger partial charge in [-0.2, -0.15) is 0 Å². The van der Waals surface area contributed by atoms with E-state index in [9.17, 15) is 4.39 Å². The average molecular weight is 291 g/mol. The quantitative estimate of drug-likeness (QED) is 0.777. The monoisotopic (exact) mass is 291 g/mol. The molecule has 0 radical (unpaired) electrons. The van der Waals surface area contributed by atoms with Gasteiger partial charge in [-0.1, -0.05) is 51.2 Å². The summed E-state index contributed by atoms with van der Waals surface area (Å²) in [5, 5.41) is 3.67. The molecule has 118 valence electrons. The first-order valence-corrected chi connectivity index (χ1v) is 8.63. The van der Waals surface area contributed by atoms with Gasteiger partial charge in [-0.25, -0.2) is 4.39 Å². The Balaban J connectivity index is 2.24. The maximum Gasteiger partial charge on any atom is 0.129 e. The lowest BCUT2D eigenvalue weighted by atomic mass is 9.82. The van der Waals surface area contributed by atoms with E-state index in [1.165, 1.54) is 50.5 Å². The van der Waals surface area contributed by atoms with Crippen molar-refractivity contribution in [1.82, 2.24) is 5.32 Å². The molecule has 0 heterocycles. The van der Waals surface area contributed by atoms with Gasteiger partial charge in [-0.3, -0.25) is 0 Å². The molecule has 2 heteroatoms. The zero-order valence-electron chi connectivity index (χ0n) is 13.8. The predicted molar refractivity (Wildman–Crippen MR) is 88.1 cm³/mol. The second kappa shape index (κ2) is 7.93. The summed E-state index contributed by atoms with van der Waals surface area (Å²) >= 11 is 0. The van der Waals surface area contributed by atoms with Crippen LogP contribution in [0.4, 0.5) is 4.39 Å². The summed E-state index contributed by atoms with van der Waals surface area (Å²) in [6, 6.07) is 4.48. The smallest absolute Gasteiger partial charge is 0.129 e. The highest BCUT2D eigenvalue weighted by molar-refractivity contribution is 5.32. The van der Waals surface area contributed by atoms with Crippen molar-refractivity contribution in [1.29, 1.82) is 0 Å². The van der Waals surface area contributed by atoms with Crippen LogP contribution in [0.3, 0.4) is 0 Å². The van der Waals surface area contributed by atoms with Gasteiger partial charge in [-0.15, -0.1) is 0 Å². The largest absolute Gasteiger partial charge is 0.310 e. The van der Waals surface area contributed by atoms with Crippen LogP contribution >= 0.6 is 0 Å². The number of hydrogen-bond acceptors (Lipinski definition) is 1. The normalized spacial score (nSPS) is 19.0. The highest BCUT2D eigenvalue weighted by Crippen LogP contribution is 2.34. The van der Waals surface area contributed by atoms with Crippen molar-refractivity contribution in [2.24, 2.45) is 5.92 Å². The second-order valence-corrected chi connectivity index (χ2v) is 6.61. The summed E-state index contributed by atoms with van der Waals surface area (Å²) in [5.74, 6) is 0.640. The fraction of sp³-hybridized carbons (Fsp3) is 0.684. The summed E-state index contributed by atoms with van der Waals surface area (Å²) < 4.78 is 13.9. The fourth-order valence-corrected chi connectivity index (χ4v) is 3.76. The predicted octanol–water partition coefficient (Wildman–Crippen LogP) is 5.45. The topological polar surface area (TPSA) is 12.0 Å². The standard InChI is InChI=1S/C19H30FN/c1-4-21-19(16-10-8-6-5-7-9-11-16)17-12-14(2)18(20)15(3)13-17/h12-13,16,19,21H,4-11H2,1-3H3. The van der Waals surface area contributed by atoms with E-state index in [-0.39, 0.29) is 5.82 Å². The van der Waals surface area contributed by atoms with Gasteiger partial charge in [0.25, 0.3) is 0 Å². The molecule has 2 rings (SSSR count). The Labute approximate surface area is 129 Å². The summed E-state index contributed by atoms with van der Waals surface area (Å²) in [6.07, 6.45) is 9.42. The van der Waals surface area contributed by atoms with Crippen molar-refractivity contribution in [2.75, 3.05) is 6.54 Å². The van der Waals surface area contributed by atoms with Crippen molar-refractivity contribution in [2.45, 2.75) is 71.8 Å². The molecule has 1 atom stereocenters. The lowest BCUT2D eigenvalue weighted by Crippen LogP contribution is -2.29. The highest BCUT2D eigenvalue weighted by Gasteiger charge is 2.24. The molecular weight excluding hydrogens is 261 g/mol. The SMILES string of the molecule is CCNC(c1cc(C)c(F)c(C)c1)C1CCCCCCC1. The Bertz CT molecular complexity index is 424. The highest BCUT2D eigenvalue weighted by atomic mass is 19.1. The van der Waals surface area contributed by atoms with E-state index in [0.717, 1.165) is 17.7 Å². The Morgan fingerprint density at radius 2 is 1.57 bits per heavy atom. The average Bonchev–Trinajstić information content (AvgIpc) is 2.42. The molecule has 1 nitrogen and oxygen atoms in total. The third-order valence-corrected chi connectivity index (χ3v) is 4.86. The van der Waals surface area contributed by atoms with E-state index in [4.69, 9.17) is 0 Å². The number of aryl methyl sites for hydroxylation is 2. The number of benzene rings is 1. The van der Waals surface area contributed by atoms with E-state index < -0.39 is 0 Å². The molecule has 1 aromatic carbocycles. The summed E-state index contributed by atoms with van der Waals surface area (Å²) in [6.45, 7) is 6.90. The van der Waals surface area contributed by atoms with Crippen LogP contribution < -0.4 is 5.32 Å². The molecule has 1 aliphatic carbocycles. The molecule has 1 aliphatic rings. The van der Waals surface area contributed by atoms with Crippen molar-refractivity contribution in [3.8, 4) is 0 Å². The van der Waals surface area contributed by atoms with Crippen molar-refractivity contribution in [3.05, 3.63) is 34.6 Å². The third-order valence-electron chi connectivity index (χ3n) is 4.86. The van der Waals surface area contributed by atoms with Crippen LogP contribution in [0.5, 0.6) is 0 Å². The van der Waals surface area contributed by atoms with Gasteiger partial charge < -0.3 is 5.32 Å². The second-order valence-electron chi connectivity index (χ2n) is 6.61. The summed E-state index contributed by atoms with van der Waals surface area (Å²) in [4.78, 5) is 0. The van der Waals surface area contributed by atoms with Gasteiger partial charge in [0.15, 0.2) is 0 Å². The number of hydrogen-bond donors (Lipinski definition) is 1. The molecule has 1 N–H and O–H groups in total. The minimum absolute atomic E-state index is 0.0494. The maximum absolute atomic E-state index is 13.9. The first-order valence-electron chi connectivity index (χ1n) is 8.63. The van der Waals surface area contributed by atoms with Crippen molar-refractivity contribution in [3.63, 3.8) is 0 Å². The van der Waals surface area contributed by atoms with E-state index in [2.05, 4.69) is 24.4 Å². The van der Waals surface area contributed by atoms with Gasteiger partial charge >= 0.3 is 0 Å². The van der Waals surface area contributed by atoms with E-state index in [1.807, 2.05) is 13.8 Å². The van der Waals surface area contributed by atoms with Gasteiger partial charge in [0.05, 0.1) is 0 Å². The zero-order valence-corrected chi connectivity index (χ0v) is 13.8. The van der Waals surface area contributed by atoms with E-state index in [1.54, 1.807) is 0 Å². The summed E-state index contributed by atoms with van der Waals surface area (Å²) in [5.41, 5.74) is 2.83. The van der Waals surface area contributed by atoms with Crippen LogP contribution in [0, 0.1) is 25.6 Å². The Morgan fingerprint density at radius 3 is 2.10 bits per heavy atom. The molecule has 0 aliphatic heterocycles. The van der Waals surface area contributed by atoms with Crippen LogP contribution in [0.15, 0.2) is 12.1 Å². The minimum atomic E-state index is -0.0494. The van der Waals surface area contributed by atoms with Crippen molar-refractivity contribution < 1.29 is 4.39 Å². The molecule has 1 fully saturated rings. The lowest BCUT2D eigenvalue weighted by Gasteiger charge is -2.30. The molecule has 0 bridgehead atoms. The molecule has 0 saturated heterocycles. The lowest BCUT2D eigenvalue weighted by molar-refractivity contribution is 0.291. The molecule has 1 aromatic rings. The number of rotatable bonds is 4. The zero-order chi connectivity index (χ0) is 15.2. The first-order chi connectivity index (χ1) is 10.1. The van der Waals surface area contributed by atoms with Crippen LogP contribution in [-0.4, -0.2) is 6.54 Å². The molecule has 1 saturated carbocycles. The first kappa shape index (κ1) is 16.5. The van der Waals surface area contributed by atoms with Crippen LogP contribution in [-0.2, 0) is 0 Å². The Morgan fingerprint density at radius 1 is 1.05 bits per heavy atom. The maximum atomic E-state index is 13.9. The fourth-order valence-electron chi connectivity index (χ4n) is 3.76.